The summed E-state index contributed by atoms with van der Waals surface area (Å²) in [6, 6.07) is 20.3. The van der Waals surface area contributed by atoms with Gasteiger partial charge in [-0.05, 0) is 114 Å². The SMILES string of the molecule is C=Cc1c2c(c3cc4c(cc3c1OC(C)(c1ccc(O)cc1)c1ccc(OC)cc1)SC(C(C)C)(C(C)C)O4)C1=C(C=CCC=C1)C2(CCC)CCC(CC)CC. The lowest BCUT2D eigenvalue weighted by atomic mass is 9.67. The summed E-state index contributed by atoms with van der Waals surface area (Å²) < 4.78 is 20.5. The number of hydrogen-bond acceptors (Lipinski definition) is 5. The van der Waals surface area contributed by atoms with Crippen LogP contribution in [0.2, 0.25) is 0 Å². The van der Waals surface area contributed by atoms with Gasteiger partial charge in [-0.2, -0.15) is 0 Å². The third kappa shape index (κ3) is 6.82. The number of ether oxygens (including phenoxy) is 3. The van der Waals surface area contributed by atoms with Crippen LogP contribution in [0.15, 0.2) is 102 Å². The Morgan fingerprint density at radius 2 is 1.54 bits per heavy atom. The predicted molar refractivity (Wildman–Crippen MR) is 241 cm³/mol. The van der Waals surface area contributed by atoms with Gasteiger partial charge in [0.2, 0.25) is 0 Å². The van der Waals surface area contributed by atoms with Crippen LogP contribution in [0.25, 0.3) is 22.4 Å². The second kappa shape index (κ2) is 16.1. The second-order valence-corrected chi connectivity index (χ2v) is 18.4. The number of phenols is 1. The van der Waals surface area contributed by atoms with Crippen molar-refractivity contribution in [2.75, 3.05) is 7.11 Å². The molecule has 4 aromatic rings. The van der Waals surface area contributed by atoms with Crippen molar-refractivity contribution in [3.05, 3.63) is 125 Å². The molecule has 1 heterocycles. The number of phenolic OH excluding ortho intramolecular Hbond substituents is 1. The molecule has 300 valence electrons. The first-order chi connectivity index (χ1) is 27.4. The summed E-state index contributed by atoms with van der Waals surface area (Å²) in [5.41, 5.74) is 7.15. The molecule has 3 aliphatic rings. The normalized spacial score (nSPS) is 19.1. The summed E-state index contributed by atoms with van der Waals surface area (Å²) >= 11 is 1.85. The standard InChI is InChI=1S/C52H62O4S/c1-11-29-51(30-28-35(12-2)13-3)44-19-17-15-16-18-41(44)47-42-31-45-46(57-52(55-45,33(5)6)34(7)8)32-43(42)49(40(14-4)48(47)51)56-50(9,36-20-24-38(53)25-21-36)37-22-26-39(54-10)27-23-37/h14,16-27,31-35,53H,4,11-13,15,28-30H2,1-3,5-10H3. The van der Waals surface area contributed by atoms with Gasteiger partial charge in [-0.15, -0.1) is 0 Å². The summed E-state index contributed by atoms with van der Waals surface area (Å²) in [4.78, 5) is 0.753. The maximum atomic E-state index is 10.4. The Labute approximate surface area is 346 Å². The Bertz CT molecular complexity index is 2210. The number of rotatable bonds is 15. The summed E-state index contributed by atoms with van der Waals surface area (Å²) in [5, 5.41) is 12.7. The van der Waals surface area contributed by atoms with Gasteiger partial charge in [0.15, 0.2) is 10.5 Å². The maximum Gasteiger partial charge on any atom is 0.163 e. The van der Waals surface area contributed by atoms with Gasteiger partial charge in [-0.1, -0.05) is 141 Å². The highest BCUT2D eigenvalue weighted by atomic mass is 32.2. The summed E-state index contributed by atoms with van der Waals surface area (Å²) in [6.07, 6.45) is 19.1. The molecule has 4 nitrogen and oxygen atoms in total. The van der Waals surface area contributed by atoms with E-state index in [1.807, 2.05) is 36.0 Å². The van der Waals surface area contributed by atoms with Crippen molar-refractivity contribution in [3.8, 4) is 23.0 Å². The zero-order chi connectivity index (χ0) is 40.7. The molecule has 0 spiro atoms. The Hall–Kier alpha value is -4.35. The van der Waals surface area contributed by atoms with Crippen molar-refractivity contribution in [3.63, 3.8) is 0 Å². The van der Waals surface area contributed by atoms with Gasteiger partial charge in [0.05, 0.1) is 12.0 Å². The fourth-order valence-electron chi connectivity index (χ4n) is 10.0. The van der Waals surface area contributed by atoms with E-state index in [1.165, 1.54) is 35.1 Å². The Morgan fingerprint density at radius 3 is 2.14 bits per heavy atom. The predicted octanol–water partition coefficient (Wildman–Crippen LogP) is 14.6. The third-order valence-electron chi connectivity index (χ3n) is 13.3. The molecule has 0 aromatic heterocycles. The monoisotopic (exact) mass is 782 g/mol. The molecule has 0 bridgehead atoms. The first-order valence-corrected chi connectivity index (χ1v) is 22.1. The minimum Gasteiger partial charge on any atom is -0.508 e. The van der Waals surface area contributed by atoms with Crippen LogP contribution in [0.4, 0.5) is 0 Å². The fraction of sp³-hybridized carbons (Fsp3) is 0.423. The topological polar surface area (TPSA) is 47.9 Å². The van der Waals surface area contributed by atoms with Crippen LogP contribution in [0.3, 0.4) is 0 Å². The lowest BCUT2D eigenvalue weighted by molar-refractivity contribution is 0.0757. The van der Waals surface area contributed by atoms with Crippen molar-refractivity contribution in [2.24, 2.45) is 17.8 Å². The minimum atomic E-state index is -0.951. The summed E-state index contributed by atoms with van der Waals surface area (Å²) in [7, 11) is 1.69. The number of aromatic hydroxyl groups is 1. The Morgan fingerprint density at radius 1 is 0.895 bits per heavy atom. The highest BCUT2D eigenvalue weighted by Gasteiger charge is 2.49. The highest BCUT2D eigenvalue weighted by Crippen LogP contribution is 2.62. The second-order valence-electron chi connectivity index (χ2n) is 17.1. The van der Waals surface area contributed by atoms with Gasteiger partial charge in [0.1, 0.15) is 23.0 Å². The molecule has 2 unspecified atom stereocenters. The quantitative estimate of drug-likeness (QED) is 0.130. The van der Waals surface area contributed by atoms with E-state index in [0.717, 1.165) is 81.7 Å². The van der Waals surface area contributed by atoms with Crippen molar-refractivity contribution in [1.29, 1.82) is 0 Å². The number of allylic oxidation sites excluding steroid dienone is 6. The van der Waals surface area contributed by atoms with E-state index in [-0.39, 0.29) is 16.1 Å². The van der Waals surface area contributed by atoms with E-state index >= 15 is 0 Å². The maximum absolute atomic E-state index is 10.4. The molecule has 0 saturated heterocycles. The van der Waals surface area contributed by atoms with Crippen LogP contribution in [-0.2, 0) is 11.0 Å². The molecule has 0 amide bonds. The molecule has 0 radical (unpaired) electrons. The van der Waals surface area contributed by atoms with Crippen molar-refractivity contribution in [2.45, 2.75) is 121 Å². The molecule has 7 rings (SSSR count). The van der Waals surface area contributed by atoms with Gasteiger partial charge in [-0.3, -0.25) is 0 Å². The molecule has 1 aliphatic heterocycles. The smallest absolute Gasteiger partial charge is 0.163 e. The fourth-order valence-corrected chi connectivity index (χ4v) is 11.3. The minimum absolute atomic E-state index is 0.215. The Kier molecular flexibility index (Phi) is 11.6. The van der Waals surface area contributed by atoms with E-state index in [2.05, 4.69) is 117 Å². The molecule has 4 aromatic carbocycles. The molecule has 0 saturated carbocycles. The zero-order valence-electron chi connectivity index (χ0n) is 35.6. The average Bonchev–Trinajstić information content (AvgIpc) is 3.60. The number of hydrogen-bond donors (Lipinski definition) is 1. The zero-order valence-corrected chi connectivity index (χ0v) is 36.4. The van der Waals surface area contributed by atoms with E-state index in [1.54, 1.807) is 19.2 Å². The summed E-state index contributed by atoms with van der Waals surface area (Å²) in [5.74, 6) is 4.02. The highest BCUT2D eigenvalue weighted by molar-refractivity contribution is 8.01. The molecule has 2 aliphatic carbocycles. The summed E-state index contributed by atoms with van der Waals surface area (Å²) in [6.45, 7) is 22.9. The largest absolute Gasteiger partial charge is 0.508 e. The van der Waals surface area contributed by atoms with Crippen LogP contribution in [0.5, 0.6) is 23.0 Å². The number of benzene rings is 4. The van der Waals surface area contributed by atoms with E-state index in [9.17, 15) is 5.11 Å². The number of thioether (sulfide) groups is 1. The lowest BCUT2D eigenvalue weighted by Crippen LogP contribution is -2.40. The van der Waals surface area contributed by atoms with Gasteiger partial charge in [0.25, 0.3) is 0 Å². The van der Waals surface area contributed by atoms with Crippen molar-refractivity contribution >= 4 is 34.2 Å². The van der Waals surface area contributed by atoms with Gasteiger partial charge in [-0.25, -0.2) is 0 Å². The van der Waals surface area contributed by atoms with Crippen LogP contribution < -0.4 is 14.2 Å². The molecule has 5 heteroatoms. The third-order valence-corrected chi connectivity index (χ3v) is 15.2. The van der Waals surface area contributed by atoms with Crippen LogP contribution >= 0.6 is 11.8 Å². The first-order valence-electron chi connectivity index (χ1n) is 21.3. The van der Waals surface area contributed by atoms with Crippen LogP contribution in [-0.4, -0.2) is 17.1 Å². The van der Waals surface area contributed by atoms with Gasteiger partial charge in [0, 0.05) is 28.2 Å². The van der Waals surface area contributed by atoms with Crippen LogP contribution in [0, 0.1) is 17.8 Å². The first kappa shape index (κ1) is 40.8. The average molecular weight is 783 g/mol. The van der Waals surface area contributed by atoms with Gasteiger partial charge < -0.3 is 19.3 Å². The number of methoxy groups -OCH3 is 1. The molecular formula is C52H62O4S. The molecular weight excluding hydrogens is 721 g/mol. The van der Waals surface area contributed by atoms with Crippen LogP contribution in [0.1, 0.15) is 128 Å². The van der Waals surface area contributed by atoms with E-state index in [4.69, 9.17) is 14.2 Å². The van der Waals surface area contributed by atoms with Gasteiger partial charge >= 0.3 is 0 Å². The lowest BCUT2D eigenvalue weighted by Gasteiger charge is -2.38. The number of fused-ring (bicyclic) bond motifs is 5. The van der Waals surface area contributed by atoms with E-state index < -0.39 is 5.60 Å². The molecule has 0 fully saturated rings. The van der Waals surface area contributed by atoms with E-state index in [0.29, 0.717) is 17.8 Å². The van der Waals surface area contributed by atoms with Crippen molar-refractivity contribution in [1.82, 2.24) is 0 Å². The van der Waals surface area contributed by atoms with Crippen molar-refractivity contribution < 1.29 is 19.3 Å². The molecule has 1 N–H and O–H groups in total. The Balaban J connectivity index is 1.59. The molecule has 57 heavy (non-hydrogen) atoms. The molecule has 2 atom stereocenters.